The van der Waals surface area contributed by atoms with Gasteiger partial charge >= 0.3 is 0 Å². The molecule has 0 heterocycles. The van der Waals surface area contributed by atoms with Gasteiger partial charge in [-0.2, -0.15) is 0 Å². The molecule has 2 N–H and O–H groups in total. The lowest BCUT2D eigenvalue weighted by Gasteiger charge is -2.25. The maximum absolute atomic E-state index is 11.6. The molecule has 1 aromatic carbocycles. The van der Waals surface area contributed by atoms with E-state index in [0.717, 1.165) is 19.4 Å². The first-order chi connectivity index (χ1) is 9.33. The van der Waals surface area contributed by atoms with E-state index in [1.165, 1.54) is 30.4 Å². The number of hydrogen-bond acceptors (Lipinski definition) is 2. The highest BCUT2D eigenvalue weighted by Crippen LogP contribution is 2.30. The minimum Gasteiger partial charge on any atom is -0.352 e. The van der Waals surface area contributed by atoms with Crippen LogP contribution < -0.4 is 10.6 Å². The summed E-state index contributed by atoms with van der Waals surface area (Å²) in [6.45, 7) is 1.37. The lowest BCUT2D eigenvalue weighted by Crippen LogP contribution is -2.37. The molecule has 0 aromatic heterocycles. The molecule has 1 fully saturated rings. The fraction of sp³-hybridized carbons (Fsp3) is 0.562. The summed E-state index contributed by atoms with van der Waals surface area (Å²) in [5.74, 6) is 0.713. The molecule has 3 heteroatoms. The first-order valence-electron chi connectivity index (χ1n) is 7.41. The van der Waals surface area contributed by atoms with Gasteiger partial charge in [0.15, 0.2) is 0 Å². The first-order valence-corrected chi connectivity index (χ1v) is 7.41. The number of carbonyl (C=O) groups is 1. The number of hydrogen-bond donors (Lipinski definition) is 2. The average molecular weight is 258 g/mol. The number of amides is 1. The van der Waals surface area contributed by atoms with Gasteiger partial charge < -0.3 is 10.6 Å². The number of nitrogens with one attached hydrogen (secondary N) is 2. The maximum atomic E-state index is 11.6. The molecule has 1 saturated carbocycles. The summed E-state index contributed by atoms with van der Waals surface area (Å²) in [6, 6.07) is 9.19. The average Bonchev–Trinajstić information content (AvgIpc) is 3.23. The number of fused-ring (bicyclic) bond motifs is 1. The van der Waals surface area contributed by atoms with Gasteiger partial charge in [0.25, 0.3) is 0 Å². The molecule has 2 aliphatic carbocycles. The van der Waals surface area contributed by atoms with E-state index in [9.17, 15) is 4.79 Å². The zero-order chi connectivity index (χ0) is 13.1. The lowest BCUT2D eigenvalue weighted by atomic mass is 9.83. The number of rotatable bonds is 5. The Balaban J connectivity index is 1.49. The van der Waals surface area contributed by atoms with Crippen LogP contribution in [0.15, 0.2) is 24.3 Å². The highest BCUT2D eigenvalue weighted by atomic mass is 16.2. The Labute approximate surface area is 114 Å². The Morgan fingerprint density at radius 3 is 2.89 bits per heavy atom. The summed E-state index contributed by atoms with van der Waals surface area (Å²) in [5.41, 5.74) is 2.96. The Bertz CT molecular complexity index is 454. The van der Waals surface area contributed by atoms with E-state index < -0.39 is 0 Å². The molecule has 0 bridgehead atoms. The Morgan fingerprint density at radius 2 is 2.05 bits per heavy atom. The molecular weight excluding hydrogens is 236 g/mol. The third-order valence-corrected chi connectivity index (χ3v) is 4.11. The minimum absolute atomic E-state index is 0.145. The number of aryl methyl sites for hydroxylation is 1. The van der Waals surface area contributed by atoms with E-state index in [-0.39, 0.29) is 5.91 Å². The summed E-state index contributed by atoms with van der Waals surface area (Å²) < 4.78 is 0. The molecule has 1 amide bonds. The maximum Gasteiger partial charge on any atom is 0.234 e. The molecular formula is C16H22N2O. The van der Waals surface area contributed by atoms with Crippen molar-refractivity contribution in [3.8, 4) is 0 Å². The highest BCUT2D eigenvalue weighted by molar-refractivity contribution is 5.78. The van der Waals surface area contributed by atoms with Gasteiger partial charge in [0.2, 0.25) is 5.91 Å². The molecule has 1 aromatic rings. The Hall–Kier alpha value is -1.35. The van der Waals surface area contributed by atoms with Crippen molar-refractivity contribution >= 4 is 5.91 Å². The minimum atomic E-state index is 0.145. The molecule has 102 valence electrons. The quantitative estimate of drug-likeness (QED) is 0.848. The summed E-state index contributed by atoms with van der Waals surface area (Å²) >= 11 is 0. The summed E-state index contributed by atoms with van der Waals surface area (Å²) in [6.07, 6.45) is 6.00. The van der Waals surface area contributed by atoms with Gasteiger partial charge in [0.1, 0.15) is 0 Å². The normalized spacial score (nSPS) is 21.8. The van der Waals surface area contributed by atoms with Crippen molar-refractivity contribution in [3.63, 3.8) is 0 Å². The fourth-order valence-electron chi connectivity index (χ4n) is 2.93. The Kier molecular flexibility index (Phi) is 3.83. The van der Waals surface area contributed by atoms with Crippen LogP contribution in [0, 0.1) is 0 Å². The predicted octanol–water partition coefficient (Wildman–Crippen LogP) is 1.97. The smallest absolute Gasteiger partial charge is 0.234 e. The molecule has 3 nitrogen and oxygen atoms in total. The van der Waals surface area contributed by atoms with Crippen LogP contribution in [-0.4, -0.2) is 25.0 Å². The van der Waals surface area contributed by atoms with Crippen molar-refractivity contribution in [2.24, 2.45) is 0 Å². The zero-order valence-corrected chi connectivity index (χ0v) is 11.3. The summed E-state index contributed by atoms with van der Waals surface area (Å²) in [5, 5.41) is 6.33. The van der Waals surface area contributed by atoms with Crippen LogP contribution >= 0.6 is 0 Å². The van der Waals surface area contributed by atoms with Crippen LogP contribution in [0.3, 0.4) is 0 Å². The van der Waals surface area contributed by atoms with Crippen molar-refractivity contribution in [1.29, 1.82) is 0 Å². The fourth-order valence-corrected chi connectivity index (χ4v) is 2.93. The Morgan fingerprint density at radius 1 is 1.21 bits per heavy atom. The molecule has 0 saturated heterocycles. The largest absolute Gasteiger partial charge is 0.352 e. The van der Waals surface area contributed by atoms with E-state index in [1.54, 1.807) is 0 Å². The molecule has 0 aliphatic heterocycles. The van der Waals surface area contributed by atoms with Crippen LogP contribution in [0.2, 0.25) is 0 Å². The van der Waals surface area contributed by atoms with Gasteiger partial charge in [-0.25, -0.2) is 0 Å². The molecule has 19 heavy (non-hydrogen) atoms. The van der Waals surface area contributed by atoms with Crippen molar-refractivity contribution in [1.82, 2.24) is 10.6 Å². The van der Waals surface area contributed by atoms with E-state index >= 15 is 0 Å². The molecule has 3 rings (SSSR count). The van der Waals surface area contributed by atoms with E-state index in [2.05, 4.69) is 34.9 Å². The van der Waals surface area contributed by atoms with Gasteiger partial charge in [-0.1, -0.05) is 24.3 Å². The van der Waals surface area contributed by atoms with Gasteiger partial charge in [-0.05, 0) is 49.1 Å². The predicted molar refractivity (Wildman–Crippen MR) is 76.2 cm³/mol. The second-order valence-electron chi connectivity index (χ2n) is 5.76. The molecule has 1 unspecified atom stereocenters. The third kappa shape index (κ3) is 3.35. The monoisotopic (exact) mass is 258 g/mol. The van der Waals surface area contributed by atoms with Crippen LogP contribution in [0.1, 0.15) is 42.7 Å². The van der Waals surface area contributed by atoms with Gasteiger partial charge in [-0.15, -0.1) is 0 Å². The van der Waals surface area contributed by atoms with Crippen molar-refractivity contribution in [3.05, 3.63) is 35.4 Å². The SMILES string of the molecule is O=C(CNCC1CCCc2ccccc21)NC1CC1. The van der Waals surface area contributed by atoms with Crippen molar-refractivity contribution < 1.29 is 4.79 Å². The zero-order valence-electron chi connectivity index (χ0n) is 11.3. The van der Waals surface area contributed by atoms with Crippen LogP contribution in [0.25, 0.3) is 0 Å². The van der Waals surface area contributed by atoms with Gasteiger partial charge in [-0.3, -0.25) is 4.79 Å². The van der Waals surface area contributed by atoms with E-state index in [1.807, 2.05) is 0 Å². The topological polar surface area (TPSA) is 41.1 Å². The van der Waals surface area contributed by atoms with Crippen LogP contribution in [0.5, 0.6) is 0 Å². The first kappa shape index (κ1) is 12.7. The number of benzene rings is 1. The molecule has 0 spiro atoms. The molecule has 0 radical (unpaired) electrons. The van der Waals surface area contributed by atoms with Crippen LogP contribution in [-0.2, 0) is 11.2 Å². The van der Waals surface area contributed by atoms with Gasteiger partial charge in [0.05, 0.1) is 6.54 Å². The standard InChI is InChI=1S/C16H22N2O/c19-16(18-14-8-9-14)11-17-10-13-6-3-5-12-4-1-2-7-15(12)13/h1-2,4,7,13-14,17H,3,5-6,8-11H2,(H,18,19). The van der Waals surface area contributed by atoms with E-state index in [4.69, 9.17) is 0 Å². The molecule has 1 atom stereocenters. The number of carbonyl (C=O) groups excluding carboxylic acids is 1. The van der Waals surface area contributed by atoms with Crippen molar-refractivity contribution in [2.75, 3.05) is 13.1 Å². The second kappa shape index (κ2) is 5.74. The lowest BCUT2D eigenvalue weighted by molar-refractivity contribution is -0.120. The second-order valence-corrected chi connectivity index (χ2v) is 5.76. The summed E-state index contributed by atoms with van der Waals surface area (Å²) in [7, 11) is 0. The van der Waals surface area contributed by atoms with Crippen molar-refractivity contribution in [2.45, 2.75) is 44.1 Å². The third-order valence-electron chi connectivity index (χ3n) is 4.11. The highest BCUT2D eigenvalue weighted by Gasteiger charge is 2.23. The van der Waals surface area contributed by atoms with Crippen LogP contribution in [0.4, 0.5) is 0 Å². The molecule has 2 aliphatic rings. The van der Waals surface area contributed by atoms with E-state index in [0.29, 0.717) is 18.5 Å². The van der Waals surface area contributed by atoms with Gasteiger partial charge in [0, 0.05) is 12.6 Å². The summed E-state index contributed by atoms with van der Waals surface area (Å²) in [4.78, 5) is 11.6.